The second-order valence-electron chi connectivity index (χ2n) is 8.34. The van der Waals surface area contributed by atoms with E-state index in [2.05, 4.69) is 4.98 Å². The number of aliphatic hydroxyl groups is 1. The largest absolute Gasteiger partial charge is 0.507 e. The highest BCUT2D eigenvalue weighted by atomic mass is 16.5. The van der Waals surface area contributed by atoms with Crippen LogP contribution in [0.1, 0.15) is 46.4 Å². The van der Waals surface area contributed by atoms with E-state index < -0.39 is 23.7 Å². The summed E-state index contributed by atoms with van der Waals surface area (Å²) in [4.78, 5) is 44.3. The standard InChI is InChI=1S/C28H26N2O6/c1-4-14-36-28(34)18-8-10-20(11-9-18)30-24(19-6-5-13-29-16-19)23(26(32)27(30)33)25(31)21-15-17(2)7-12-22(21)35-3/h5-13,15-16,24,31H,4,14H2,1-3H3/b25-23+. The molecule has 0 saturated carbocycles. The molecule has 1 amide bonds. The number of ketones is 1. The maximum atomic E-state index is 13.3. The van der Waals surface area contributed by atoms with Gasteiger partial charge in [0.25, 0.3) is 11.7 Å². The van der Waals surface area contributed by atoms with Gasteiger partial charge >= 0.3 is 5.97 Å². The smallest absolute Gasteiger partial charge is 0.338 e. The number of Topliss-reactive ketones (excluding diaryl/α,β-unsaturated/α-hetero) is 1. The SMILES string of the molecule is CCCOC(=O)c1ccc(N2C(=O)C(=O)/C(=C(/O)c3cc(C)ccc3OC)C2c2cccnc2)cc1. The Bertz CT molecular complexity index is 1330. The number of carbonyl (C=O) groups is 3. The zero-order valence-corrected chi connectivity index (χ0v) is 20.2. The first-order valence-corrected chi connectivity index (χ1v) is 11.5. The molecule has 4 rings (SSSR count). The predicted octanol–water partition coefficient (Wildman–Crippen LogP) is 4.59. The van der Waals surface area contributed by atoms with Gasteiger partial charge in [-0.15, -0.1) is 0 Å². The summed E-state index contributed by atoms with van der Waals surface area (Å²) in [6.07, 6.45) is 3.82. The number of hydrogen-bond acceptors (Lipinski definition) is 7. The van der Waals surface area contributed by atoms with Crippen molar-refractivity contribution >= 4 is 29.1 Å². The minimum Gasteiger partial charge on any atom is -0.507 e. The fourth-order valence-corrected chi connectivity index (χ4v) is 4.14. The molecule has 0 aliphatic carbocycles. The van der Waals surface area contributed by atoms with Crippen LogP contribution in [0.15, 0.2) is 72.6 Å². The fraction of sp³-hybridized carbons (Fsp3) is 0.214. The molecule has 1 unspecified atom stereocenters. The number of rotatable bonds is 7. The van der Waals surface area contributed by atoms with Crippen LogP contribution in [0.5, 0.6) is 5.75 Å². The Balaban J connectivity index is 1.85. The minimum absolute atomic E-state index is 0.0802. The highest BCUT2D eigenvalue weighted by Crippen LogP contribution is 2.43. The second-order valence-corrected chi connectivity index (χ2v) is 8.34. The number of esters is 1. The van der Waals surface area contributed by atoms with E-state index in [0.29, 0.717) is 41.2 Å². The molecule has 1 aliphatic rings. The summed E-state index contributed by atoms with van der Waals surface area (Å²) < 4.78 is 10.6. The quantitative estimate of drug-likeness (QED) is 0.225. The minimum atomic E-state index is -0.943. The van der Waals surface area contributed by atoms with Crippen molar-refractivity contribution in [2.24, 2.45) is 0 Å². The summed E-state index contributed by atoms with van der Waals surface area (Å²) >= 11 is 0. The zero-order valence-electron chi connectivity index (χ0n) is 20.2. The first-order valence-electron chi connectivity index (χ1n) is 11.5. The van der Waals surface area contributed by atoms with Crippen molar-refractivity contribution in [2.75, 3.05) is 18.6 Å². The molecule has 1 N–H and O–H groups in total. The van der Waals surface area contributed by atoms with Crippen LogP contribution in [0.2, 0.25) is 0 Å². The van der Waals surface area contributed by atoms with Crippen LogP contribution in [0.3, 0.4) is 0 Å². The van der Waals surface area contributed by atoms with Gasteiger partial charge in [0.1, 0.15) is 11.5 Å². The molecule has 1 aliphatic heterocycles. The molecule has 1 fully saturated rings. The number of pyridine rings is 1. The average Bonchev–Trinajstić information content (AvgIpc) is 3.17. The lowest BCUT2D eigenvalue weighted by molar-refractivity contribution is -0.132. The van der Waals surface area contributed by atoms with E-state index in [4.69, 9.17) is 9.47 Å². The predicted molar refractivity (Wildman–Crippen MR) is 134 cm³/mol. The third-order valence-corrected chi connectivity index (χ3v) is 5.87. The molecule has 1 aromatic heterocycles. The van der Waals surface area contributed by atoms with Gasteiger partial charge in [-0.25, -0.2) is 4.79 Å². The Morgan fingerprint density at radius 3 is 2.50 bits per heavy atom. The van der Waals surface area contributed by atoms with Crippen LogP contribution in [0.25, 0.3) is 5.76 Å². The van der Waals surface area contributed by atoms with Gasteiger partial charge in [-0.1, -0.05) is 24.6 Å². The third-order valence-electron chi connectivity index (χ3n) is 5.87. The molecule has 36 heavy (non-hydrogen) atoms. The van der Waals surface area contributed by atoms with Crippen LogP contribution < -0.4 is 9.64 Å². The maximum absolute atomic E-state index is 13.3. The molecule has 2 heterocycles. The molecule has 0 spiro atoms. The van der Waals surface area contributed by atoms with Gasteiger partial charge in [0.05, 0.1) is 36.5 Å². The first kappa shape index (κ1) is 24.7. The number of hydrogen-bond donors (Lipinski definition) is 1. The molecule has 3 aromatic rings. The van der Waals surface area contributed by atoms with E-state index in [-0.39, 0.29) is 11.3 Å². The molecule has 1 saturated heterocycles. The number of benzene rings is 2. The lowest BCUT2D eigenvalue weighted by Crippen LogP contribution is -2.29. The normalized spacial score (nSPS) is 16.8. The third kappa shape index (κ3) is 4.57. The van der Waals surface area contributed by atoms with Crippen LogP contribution in [0, 0.1) is 6.92 Å². The number of aliphatic hydroxyl groups excluding tert-OH is 1. The Morgan fingerprint density at radius 2 is 1.86 bits per heavy atom. The van der Waals surface area contributed by atoms with Crippen molar-refractivity contribution < 1.29 is 29.0 Å². The number of amides is 1. The second kappa shape index (κ2) is 10.4. The molecule has 8 nitrogen and oxygen atoms in total. The molecule has 2 aromatic carbocycles. The van der Waals surface area contributed by atoms with E-state index in [1.807, 2.05) is 19.9 Å². The molecule has 0 bridgehead atoms. The topological polar surface area (TPSA) is 106 Å². The summed E-state index contributed by atoms with van der Waals surface area (Å²) in [6.45, 7) is 4.05. The first-order chi connectivity index (χ1) is 17.4. The highest BCUT2D eigenvalue weighted by Gasteiger charge is 2.47. The molecular formula is C28H26N2O6. The lowest BCUT2D eigenvalue weighted by atomic mass is 9.95. The van der Waals surface area contributed by atoms with Crippen LogP contribution >= 0.6 is 0 Å². The molecule has 1 atom stereocenters. The molecular weight excluding hydrogens is 460 g/mol. The van der Waals surface area contributed by atoms with Crippen molar-refractivity contribution in [3.63, 3.8) is 0 Å². The monoisotopic (exact) mass is 486 g/mol. The van der Waals surface area contributed by atoms with Crippen LogP contribution in [-0.4, -0.2) is 41.5 Å². The van der Waals surface area contributed by atoms with Gasteiger partial charge in [-0.2, -0.15) is 0 Å². The summed E-state index contributed by atoms with van der Waals surface area (Å²) in [6, 6.07) is 13.9. The maximum Gasteiger partial charge on any atom is 0.338 e. The van der Waals surface area contributed by atoms with Gasteiger partial charge in [0, 0.05) is 18.1 Å². The summed E-state index contributed by atoms with van der Waals surface area (Å²) in [5, 5.41) is 11.4. The number of aromatic nitrogens is 1. The highest BCUT2D eigenvalue weighted by molar-refractivity contribution is 6.51. The van der Waals surface area contributed by atoms with Crippen molar-refractivity contribution in [1.82, 2.24) is 4.98 Å². The lowest BCUT2D eigenvalue weighted by Gasteiger charge is -2.25. The summed E-state index contributed by atoms with van der Waals surface area (Å²) in [7, 11) is 1.46. The summed E-state index contributed by atoms with van der Waals surface area (Å²) in [5.41, 5.74) is 2.31. The molecule has 184 valence electrons. The van der Waals surface area contributed by atoms with Gasteiger partial charge < -0.3 is 14.6 Å². The number of anilines is 1. The van der Waals surface area contributed by atoms with E-state index in [1.54, 1.807) is 48.8 Å². The van der Waals surface area contributed by atoms with E-state index in [9.17, 15) is 19.5 Å². The Hall–Kier alpha value is -4.46. The molecule has 0 radical (unpaired) electrons. The number of ether oxygens (including phenoxy) is 2. The van der Waals surface area contributed by atoms with E-state index >= 15 is 0 Å². The Morgan fingerprint density at radius 1 is 1.11 bits per heavy atom. The van der Waals surface area contributed by atoms with Gasteiger partial charge in [-0.3, -0.25) is 19.5 Å². The van der Waals surface area contributed by atoms with Gasteiger partial charge in [0.15, 0.2) is 0 Å². The fourth-order valence-electron chi connectivity index (χ4n) is 4.14. The number of methoxy groups -OCH3 is 1. The number of aryl methyl sites for hydroxylation is 1. The van der Waals surface area contributed by atoms with Crippen LogP contribution in [-0.2, 0) is 14.3 Å². The average molecular weight is 487 g/mol. The zero-order chi connectivity index (χ0) is 25.8. The van der Waals surface area contributed by atoms with Crippen molar-refractivity contribution in [1.29, 1.82) is 0 Å². The van der Waals surface area contributed by atoms with Crippen LogP contribution in [0.4, 0.5) is 5.69 Å². The molecule has 8 heteroatoms. The van der Waals surface area contributed by atoms with Crippen molar-refractivity contribution in [2.45, 2.75) is 26.3 Å². The Labute approximate surface area is 208 Å². The van der Waals surface area contributed by atoms with E-state index in [1.165, 1.54) is 24.1 Å². The van der Waals surface area contributed by atoms with E-state index in [0.717, 1.165) is 5.56 Å². The van der Waals surface area contributed by atoms with Gasteiger partial charge in [-0.05, 0) is 61.4 Å². The van der Waals surface area contributed by atoms with Gasteiger partial charge in [0.2, 0.25) is 0 Å². The summed E-state index contributed by atoms with van der Waals surface area (Å²) in [5.74, 6) is -2.09. The Kier molecular flexibility index (Phi) is 7.15. The van der Waals surface area contributed by atoms with Crippen molar-refractivity contribution in [3.05, 3.63) is 94.8 Å². The van der Waals surface area contributed by atoms with Crippen molar-refractivity contribution in [3.8, 4) is 5.75 Å². The number of nitrogens with zero attached hydrogens (tertiary/aromatic N) is 2. The number of carbonyl (C=O) groups excluding carboxylic acids is 3.